The van der Waals surface area contributed by atoms with Crippen molar-refractivity contribution < 1.29 is 27.4 Å². The third-order valence-electron chi connectivity index (χ3n) is 4.62. The van der Waals surface area contributed by atoms with Gasteiger partial charge in [-0.3, -0.25) is 4.79 Å². The van der Waals surface area contributed by atoms with Crippen molar-refractivity contribution in [1.29, 1.82) is 0 Å². The van der Waals surface area contributed by atoms with Crippen LogP contribution in [0.4, 0.5) is 4.39 Å². The number of nitrogens with one attached hydrogen (secondary N) is 1. The van der Waals surface area contributed by atoms with Gasteiger partial charge in [0, 0.05) is 37.0 Å². The minimum absolute atomic E-state index is 0.0532. The molecule has 0 fully saturated rings. The maximum atomic E-state index is 13.1. The summed E-state index contributed by atoms with van der Waals surface area (Å²) in [6.45, 7) is -0.0616. The first-order valence-corrected chi connectivity index (χ1v) is 10.7. The second kappa shape index (κ2) is 9.33. The van der Waals surface area contributed by atoms with Gasteiger partial charge < -0.3 is 14.4 Å². The number of hydrogen-bond donors (Lipinski definition) is 2. The zero-order valence-corrected chi connectivity index (χ0v) is 17.1. The molecule has 1 atom stereocenters. The molecule has 2 N–H and O–H groups in total. The molecule has 3 rings (SSSR count). The van der Waals surface area contributed by atoms with Crippen molar-refractivity contribution in [3.63, 3.8) is 0 Å². The van der Waals surface area contributed by atoms with E-state index in [-0.39, 0.29) is 30.9 Å². The van der Waals surface area contributed by atoms with E-state index in [1.54, 1.807) is 23.0 Å². The summed E-state index contributed by atoms with van der Waals surface area (Å²) < 4.78 is 47.5. The van der Waals surface area contributed by atoms with E-state index >= 15 is 0 Å². The molecular weight excluding hydrogens is 413 g/mol. The number of benzene rings is 1. The van der Waals surface area contributed by atoms with Crippen molar-refractivity contribution in [3.05, 3.63) is 60.2 Å². The molecular formula is C20H22FN3O5S. The van der Waals surface area contributed by atoms with Gasteiger partial charge >= 0.3 is 5.97 Å². The number of aliphatic hydroxyl groups is 1. The van der Waals surface area contributed by atoms with Gasteiger partial charge in [-0.05, 0) is 48.4 Å². The fourth-order valence-electron chi connectivity index (χ4n) is 3.18. The topological polar surface area (TPSA) is 111 Å². The summed E-state index contributed by atoms with van der Waals surface area (Å²) >= 11 is 0. The maximum Gasteiger partial charge on any atom is 0.310 e. The van der Waals surface area contributed by atoms with Gasteiger partial charge in [0.25, 0.3) is 0 Å². The molecule has 1 aromatic carbocycles. The van der Waals surface area contributed by atoms with Crippen LogP contribution in [0, 0.1) is 5.82 Å². The molecule has 8 nitrogen and oxygen atoms in total. The molecule has 0 amide bonds. The first kappa shape index (κ1) is 21.9. The van der Waals surface area contributed by atoms with Gasteiger partial charge in [-0.2, -0.15) is 0 Å². The fourth-order valence-corrected chi connectivity index (χ4v) is 4.45. The highest BCUT2D eigenvalue weighted by Gasteiger charge is 2.22. The lowest BCUT2D eigenvalue weighted by atomic mass is 10.1. The number of esters is 1. The van der Waals surface area contributed by atoms with Gasteiger partial charge in [0.2, 0.25) is 10.0 Å². The number of methoxy groups -OCH3 is 1. The molecule has 2 aromatic heterocycles. The lowest BCUT2D eigenvalue weighted by Crippen LogP contribution is -2.38. The normalized spacial score (nSPS) is 12.8. The molecule has 0 saturated heterocycles. The lowest BCUT2D eigenvalue weighted by Gasteiger charge is -2.19. The average Bonchev–Trinajstić information content (AvgIpc) is 3.05. The van der Waals surface area contributed by atoms with Crippen molar-refractivity contribution in [1.82, 2.24) is 14.3 Å². The molecule has 10 heteroatoms. The van der Waals surface area contributed by atoms with Gasteiger partial charge in [0.05, 0.1) is 18.4 Å². The van der Waals surface area contributed by atoms with Gasteiger partial charge in [-0.25, -0.2) is 22.5 Å². The third kappa shape index (κ3) is 5.02. The highest BCUT2D eigenvalue weighted by molar-refractivity contribution is 7.89. The Bertz CT molecular complexity index is 1130. The number of sulfonamides is 1. The molecule has 0 aliphatic heterocycles. The van der Waals surface area contributed by atoms with Gasteiger partial charge in [-0.15, -0.1) is 0 Å². The first-order chi connectivity index (χ1) is 14.3. The monoisotopic (exact) mass is 435 g/mol. The van der Waals surface area contributed by atoms with Crippen LogP contribution in [0.1, 0.15) is 12.0 Å². The Hall–Kier alpha value is -2.82. The minimum Gasteiger partial charge on any atom is -0.469 e. The SMILES string of the molecule is COC(=O)Cc1cn(C[C@@H](CCO)NS(=O)(=O)c2ccc(F)cc2)c2ncccc12. The molecule has 3 aromatic rings. The Labute approximate surface area is 173 Å². The van der Waals surface area contributed by atoms with Crippen molar-refractivity contribution >= 4 is 27.0 Å². The van der Waals surface area contributed by atoms with Crippen LogP contribution >= 0.6 is 0 Å². The van der Waals surface area contributed by atoms with E-state index in [1.807, 2.05) is 6.07 Å². The third-order valence-corrected chi connectivity index (χ3v) is 6.16. The largest absolute Gasteiger partial charge is 0.469 e. The summed E-state index contributed by atoms with van der Waals surface area (Å²) in [4.78, 5) is 16.0. The van der Waals surface area contributed by atoms with Gasteiger partial charge in [0.15, 0.2) is 0 Å². The van der Waals surface area contributed by atoms with Crippen LogP contribution in [0.15, 0.2) is 53.7 Å². The first-order valence-electron chi connectivity index (χ1n) is 9.22. The van der Waals surface area contributed by atoms with E-state index < -0.39 is 27.9 Å². The molecule has 0 spiro atoms. The molecule has 0 saturated carbocycles. The number of hydrogen-bond acceptors (Lipinski definition) is 6. The van der Waals surface area contributed by atoms with E-state index in [9.17, 15) is 22.7 Å². The summed E-state index contributed by atoms with van der Waals surface area (Å²) in [5, 5.41) is 10.2. The quantitative estimate of drug-likeness (QED) is 0.494. The lowest BCUT2D eigenvalue weighted by molar-refractivity contribution is -0.139. The molecule has 0 bridgehead atoms. The predicted octanol–water partition coefficient (Wildman–Crippen LogP) is 1.62. The predicted molar refractivity (Wildman–Crippen MR) is 108 cm³/mol. The van der Waals surface area contributed by atoms with Crippen molar-refractivity contribution in [2.75, 3.05) is 13.7 Å². The summed E-state index contributed by atoms with van der Waals surface area (Å²) in [5.41, 5.74) is 1.29. The van der Waals surface area contributed by atoms with Crippen molar-refractivity contribution in [3.8, 4) is 0 Å². The standard InChI is InChI=1S/C20H22FN3O5S/c1-29-19(26)11-14-12-24(20-18(14)3-2-9-22-20)13-16(8-10-25)23-30(27,28)17-6-4-15(21)5-7-17/h2-7,9,12,16,23,25H,8,10-11,13H2,1H3/t16-/m1/s1. The maximum absolute atomic E-state index is 13.1. The van der Waals surface area contributed by atoms with Crippen LogP contribution in [0.3, 0.4) is 0 Å². The number of fused-ring (bicyclic) bond motifs is 1. The number of carbonyl (C=O) groups excluding carboxylic acids is 1. The second-order valence-electron chi connectivity index (χ2n) is 6.72. The number of carbonyl (C=O) groups is 1. The highest BCUT2D eigenvalue weighted by Crippen LogP contribution is 2.21. The molecule has 30 heavy (non-hydrogen) atoms. The number of aliphatic hydroxyl groups excluding tert-OH is 1. The number of pyridine rings is 1. The van der Waals surface area contributed by atoms with E-state index in [0.29, 0.717) is 11.2 Å². The summed E-state index contributed by atoms with van der Waals surface area (Å²) in [5.74, 6) is -0.939. The Morgan fingerprint density at radius 3 is 2.70 bits per heavy atom. The molecule has 2 heterocycles. The van der Waals surface area contributed by atoms with Gasteiger partial charge in [-0.1, -0.05) is 0 Å². The number of ether oxygens (including phenoxy) is 1. The molecule has 160 valence electrons. The minimum atomic E-state index is -3.92. The van der Waals surface area contributed by atoms with Crippen molar-refractivity contribution in [2.45, 2.75) is 30.3 Å². The number of halogens is 1. The Kier molecular flexibility index (Phi) is 6.80. The van der Waals surface area contributed by atoms with Crippen LogP contribution < -0.4 is 4.72 Å². The van der Waals surface area contributed by atoms with Crippen LogP contribution in [-0.2, 0) is 32.5 Å². The van der Waals surface area contributed by atoms with Crippen LogP contribution in [0.5, 0.6) is 0 Å². The van der Waals surface area contributed by atoms with E-state index in [1.165, 1.54) is 19.2 Å². The zero-order chi connectivity index (χ0) is 21.7. The Morgan fingerprint density at radius 2 is 2.03 bits per heavy atom. The number of aromatic nitrogens is 2. The molecule has 0 radical (unpaired) electrons. The van der Waals surface area contributed by atoms with E-state index in [4.69, 9.17) is 4.74 Å². The number of nitrogens with zero attached hydrogens (tertiary/aromatic N) is 2. The second-order valence-corrected chi connectivity index (χ2v) is 8.43. The molecule has 0 aliphatic carbocycles. The molecule has 0 aliphatic rings. The average molecular weight is 435 g/mol. The van der Waals surface area contributed by atoms with E-state index in [0.717, 1.165) is 17.5 Å². The Morgan fingerprint density at radius 1 is 1.30 bits per heavy atom. The zero-order valence-electron chi connectivity index (χ0n) is 16.3. The van der Waals surface area contributed by atoms with E-state index in [2.05, 4.69) is 9.71 Å². The Balaban J connectivity index is 1.88. The fraction of sp³-hybridized carbons (Fsp3) is 0.300. The summed E-state index contributed by atoms with van der Waals surface area (Å²) in [6, 6.07) is 7.39. The highest BCUT2D eigenvalue weighted by atomic mass is 32.2. The van der Waals surface area contributed by atoms with Gasteiger partial charge in [0.1, 0.15) is 11.5 Å². The smallest absolute Gasteiger partial charge is 0.310 e. The summed E-state index contributed by atoms with van der Waals surface area (Å²) in [6.07, 6.45) is 3.53. The van der Waals surface area contributed by atoms with Crippen LogP contribution in [0.2, 0.25) is 0 Å². The van der Waals surface area contributed by atoms with Crippen LogP contribution in [-0.4, -0.2) is 48.8 Å². The molecule has 0 unspecified atom stereocenters. The van der Waals surface area contributed by atoms with Crippen LogP contribution in [0.25, 0.3) is 11.0 Å². The summed E-state index contributed by atoms with van der Waals surface area (Å²) in [7, 11) is -2.62. The number of rotatable bonds is 9. The van der Waals surface area contributed by atoms with Crippen molar-refractivity contribution in [2.24, 2.45) is 0 Å².